The maximum Gasteiger partial charge on any atom is 0.188 e. The lowest BCUT2D eigenvalue weighted by atomic mass is 9.88. The number of Topliss-reactive ketones (excluding diaryl/α,β-unsaturated/α-hetero) is 1. The molecular formula is C26H29NO5. The summed E-state index contributed by atoms with van der Waals surface area (Å²) >= 11 is 0. The normalized spacial score (nSPS) is 23.0. The number of hydrogen-bond donors (Lipinski definition) is 0. The highest BCUT2D eigenvalue weighted by Crippen LogP contribution is 2.42. The average molecular weight is 436 g/mol. The van der Waals surface area contributed by atoms with Crippen molar-refractivity contribution >= 4 is 17.9 Å². The van der Waals surface area contributed by atoms with Gasteiger partial charge < -0.3 is 18.9 Å². The zero-order chi connectivity index (χ0) is 22.8. The summed E-state index contributed by atoms with van der Waals surface area (Å²) in [5.41, 5.74) is 3.23. The van der Waals surface area contributed by atoms with Crippen molar-refractivity contribution in [1.82, 2.24) is 4.90 Å². The minimum Gasteiger partial charge on any atom is -0.497 e. The molecule has 2 fully saturated rings. The molecule has 32 heavy (non-hydrogen) atoms. The first-order chi connectivity index (χ1) is 15.5. The largest absolute Gasteiger partial charge is 0.497 e. The van der Waals surface area contributed by atoms with Crippen LogP contribution in [0.4, 0.5) is 0 Å². The molecule has 2 aromatic carbocycles. The average Bonchev–Trinajstić information content (AvgIpc) is 3.14. The standard InChI is InChI=1S/C26H29NO5/c1-27-22-9-10-23(27)21(14-17-12-18(29-2)8-11-24(17)31-4)26(28)20(22)13-16-6-7-19(30-3)15-25(16)32-5/h6-8,11-15,22-23H,9-10H2,1-5H3/b20-13-,21-14+/t22-,23-/m1/s1. The fourth-order valence-corrected chi connectivity index (χ4v) is 4.71. The summed E-state index contributed by atoms with van der Waals surface area (Å²) in [6.45, 7) is 0. The van der Waals surface area contributed by atoms with Crippen LogP contribution in [0.25, 0.3) is 12.2 Å². The second-order valence-electron chi connectivity index (χ2n) is 8.02. The fraction of sp³-hybridized carbons (Fsp3) is 0.346. The van der Waals surface area contributed by atoms with Gasteiger partial charge in [-0.1, -0.05) is 0 Å². The predicted octanol–water partition coefficient (Wildman–Crippen LogP) is 4.23. The van der Waals surface area contributed by atoms with Gasteiger partial charge in [-0.25, -0.2) is 0 Å². The first-order valence-electron chi connectivity index (χ1n) is 10.6. The molecule has 2 aliphatic heterocycles. The van der Waals surface area contributed by atoms with Crippen LogP contribution in [-0.4, -0.2) is 58.3 Å². The van der Waals surface area contributed by atoms with Gasteiger partial charge in [0.25, 0.3) is 0 Å². The number of carbonyl (C=O) groups excluding carboxylic acids is 1. The molecule has 0 aliphatic carbocycles. The molecule has 0 spiro atoms. The molecule has 0 unspecified atom stereocenters. The van der Waals surface area contributed by atoms with E-state index in [0.29, 0.717) is 17.2 Å². The van der Waals surface area contributed by atoms with E-state index < -0.39 is 0 Å². The lowest BCUT2D eigenvalue weighted by Gasteiger charge is -2.34. The van der Waals surface area contributed by atoms with E-state index in [9.17, 15) is 4.79 Å². The molecular weight excluding hydrogens is 406 g/mol. The van der Waals surface area contributed by atoms with Crippen LogP contribution in [0.1, 0.15) is 24.0 Å². The SMILES string of the molecule is COc1ccc(OC)c(/C=C2/C(=O)/C(=C\c3ccc(OC)cc3OC)[C@H]3CC[C@H]2N3C)c1. The molecule has 0 saturated carbocycles. The molecule has 0 radical (unpaired) electrons. The minimum absolute atomic E-state index is 0.0679. The maximum absolute atomic E-state index is 13.7. The quantitative estimate of drug-likeness (QED) is 0.633. The topological polar surface area (TPSA) is 57.2 Å². The monoisotopic (exact) mass is 435 g/mol. The molecule has 2 saturated heterocycles. The van der Waals surface area contributed by atoms with Crippen molar-refractivity contribution in [3.05, 3.63) is 58.7 Å². The van der Waals surface area contributed by atoms with Crippen LogP contribution < -0.4 is 18.9 Å². The Morgan fingerprint density at radius 1 is 0.750 bits per heavy atom. The summed E-state index contributed by atoms with van der Waals surface area (Å²) in [6.07, 6.45) is 5.78. The Labute approximate surface area is 189 Å². The van der Waals surface area contributed by atoms with Crippen molar-refractivity contribution < 1.29 is 23.7 Å². The van der Waals surface area contributed by atoms with Crippen molar-refractivity contribution in [3.8, 4) is 23.0 Å². The van der Waals surface area contributed by atoms with E-state index in [-0.39, 0.29) is 17.9 Å². The van der Waals surface area contributed by atoms with Gasteiger partial charge in [0.15, 0.2) is 5.78 Å². The van der Waals surface area contributed by atoms with E-state index in [4.69, 9.17) is 18.9 Å². The number of likely N-dealkylation sites (N-methyl/N-ethyl adjacent to an activating group) is 1. The third kappa shape index (κ3) is 3.86. The highest BCUT2D eigenvalue weighted by Gasteiger charge is 2.44. The summed E-state index contributed by atoms with van der Waals surface area (Å²) in [4.78, 5) is 16.0. The summed E-state index contributed by atoms with van der Waals surface area (Å²) in [6, 6.07) is 11.4. The first kappa shape index (κ1) is 22.0. The summed E-state index contributed by atoms with van der Waals surface area (Å²) in [5.74, 6) is 2.88. The van der Waals surface area contributed by atoms with Crippen LogP contribution in [0.15, 0.2) is 47.5 Å². The molecule has 168 valence electrons. The third-order valence-electron chi connectivity index (χ3n) is 6.44. The van der Waals surface area contributed by atoms with Crippen LogP contribution in [0, 0.1) is 0 Å². The second-order valence-corrected chi connectivity index (χ2v) is 8.02. The highest BCUT2D eigenvalue weighted by molar-refractivity contribution is 6.16. The van der Waals surface area contributed by atoms with E-state index in [1.54, 1.807) is 28.4 Å². The number of fused-ring (bicyclic) bond motifs is 2. The lowest BCUT2D eigenvalue weighted by Crippen LogP contribution is -2.43. The first-order valence-corrected chi connectivity index (χ1v) is 10.6. The van der Waals surface area contributed by atoms with Gasteiger partial charge in [-0.15, -0.1) is 0 Å². The number of hydrogen-bond acceptors (Lipinski definition) is 6. The van der Waals surface area contributed by atoms with Crippen molar-refractivity contribution in [2.24, 2.45) is 0 Å². The smallest absolute Gasteiger partial charge is 0.188 e. The van der Waals surface area contributed by atoms with Crippen molar-refractivity contribution in [1.29, 1.82) is 0 Å². The Morgan fingerprint density at radius 3 is 1.91 bits per heavy atom. The lowest BCUT2D eigenvalue weighted by molar-refractivity contribution is -0.114. The van der Waals surface area contributed by atoms with Crippen LogP contribution in [0.2, 0.25) is 0 Å². The van der Waals surface area contributed by atoms with Gasteiger partial charge in [-0.05, 0) is 62.4 Å². The number of ether oxygens (including phenoxy) is 4. The molecule has 4 rings (SSSR count). The number of benzene rings is 2. The molecule has 6 nitrogen and oxygen atoms in total. The van der Waals surface area contributed by atoms with Crippen molar-refractivity contribution in [2.45, 2.75) is 24.9 Å². The van der Waals surface area contributed by atoms with E-state index in [1.165, 1.54) is 0 Å². The summed E-state index contributed by atoms with van der Waals surface area (Å²) < 4.78 is 21.8. The Kier molecular flexibility index (Phi) is 6.24. The molecule has 0 aromatic heterocycles. The summed E-state index contributed by atoms with van der Waals surface area (Å²) in [7, 11) is 8.59. The van der Waals surface area contributed by atoms with E-state index >= 15 is 0 Å². The molecule has 0 amide bonds. The maximum atomic E-state index is 13.7. The zero-order valence-corrected chi connectivity index (χ0v) is 19.2. The van der Waals surface area contributed by atoms with Gasteiger partial charge in [0.2, 0.25) is 0 Å². The molecule has 6 heteroatoms. The predicted molar refractivity (Wildman–Crippen MR) is 125 cm³/mol. The Bertz CT molecular complexity index is 1090. The Morgan fingerprint density at radius 2 is 1.31 bits per heavy atom. The van der Waals surface area contributed by atoms with Crippen molar-refractivity contribution in [2.75, 3.05) is 35.5 Å². The molecule has 2 aromatic rings. The Hall–Kier alpha value is -3.25. The number of rotatable bonds is 6. The Balaban J connectivity index is 1.80. The van der Waals surface area contributed by atoms with E-state index in [0.717, 1.165) is 40.9 Å². The number of nitrogens with zero attached hydrogens (tertiary/aromatic N) is 1. The second kappa shape index (κ2) is 9.09. The number of piperidine rings is 1. The molecule has 2 aliphatic rings. The van der Waals surface area contributed by atoms with Crippen LogP contribution in [0.5, 0.6) is 23.0 Å². The van der Waals surface area contributed by atoms with Gasteiger partial charge in [0.1, 0.15) is 23.0 Å². The number of methoxy groups -OCH3 is 4. The van der Waals surface area contributed by atoms with Gasteiger partial charge in [-0.3, -0.25) is 9.69 Å². The van der Waals surface area contributed by atoms with Crippen LogP contribution in [0.3, 0.4) is 0 Å². The fourth-order valence-electron chi connectivity index (χ4n) is 4.71. The highest BCUT2D eigenvalue weighted by atomic mass is 16.5. The minimum atomic E-state index is 0.0679. The van der Waals surface area contributed by atoms with Crippen LogP contribution >= 0.6 is 0 Å². The molecule has 2 heterocycles. The van der Waals surface area contributed by atoms with Crippen LogP contribution in [-0.2, 0) is 4.79 Å². The van der Waals surface area contributed by atoms with Gasteiger partial charge in [-0.2, -0.15) is 0 Å². The zero-order valence-electron chi connectivity index (χ0n) is 19.2. The number of ketones is 1. The van der Waals surface area contributed by atoms with Gasteiger partial charge in [0, 0.05) is 40.4 Å². The number of carbonyl (C=O) groups is 1. The third-order valence-corrected chi connectivity index (χ3v) is 6.44. The van der Waals surface area contributed by atoms with E-state index in [2.05, 4.69) is 11.9 Å². The molecule has 2 atom stereocenters. The van der Waals surface area contributed by atoms with Gasteiger partial charge in [0.05, 0.1) is 28.4 Å². The van der Waals surface area contributed by atoms with E-state index in [1.807, 2.05) is 48.6 Å². The van der Waals surface area contributed by atoms with Gasteiger partial charge >= 0.3 is 0 Å². The molecule has 2 bridgehead atoms. The summed E-state index contributed by atoms with van der Waals surface area (Å²) in [5, 5.41) is 0. The molecule has 0 N–H and O–H groups in total. The van der Waals surface area contributed by atoms with Crippen molar-refractivity contribution in [3.63, 3.8) is 0 Å².